The Hall–Kier alpha value is -1.88. The van der Waals surface area contributed by atoms with Crippen molar-refractivity contribution in [2.75, 3.05) is 11.9 Å². The summed E-state index contributed by atoms with van der Waals surface area (Å²) in [7, 11) is 0. The number of benzene rings is 2. The van der Waals surface area contributed by atoms with Crippen molar-refractivity contribution in [1.29, 1.82) is 0 Å². The number of rotatable bonds is 4. The standard InChI is InChI=1S/C17H15BrFNO2/c18-14-6-8-15(9-7-14)20-16(21)22-11-13-10-17(13,19)12-4-2-1-3-5-12/h1-9,13H,10-11H2,(H,20,21)/t13-,17+/m1/s1. The number of nitrogens with one attached hydrogen (secondary N) is 1. The lowest BCUT2D eigenvalue weighted by Gasteiger charge is -2.09. The van der Waals surface area contributed by atoms with Crippen LogP contribution in [-0.2, 0) is 10.4 Å². The highest BCUT2D eigenvalue weighted by atomic mass is 79.9. The highest BCUT2D eigenvalue weighted by Crippen LogP contribution is 2.55. The number of alkyl halides is 1. The van der Waals surface area contributed by atoms with Crippen molar-refractivity contribution in [2.45, 2.75) is 12.1 Å². The molecule has 3 rings (SSSR count). The zero-order valence-electron chi connectivity index (χ0n) is 11.8. The van der Waals surface area contributed by atoms with E-state index in [0.29, 0.717) is 17.7 Å². The number of hydrogen-bond donors (Lipinski definition) is 1. The van der Waals surface area contributed by atoms with Crippen LogP contribution in [0.3, 0.4) is 0 Å². The Labute approximate surface area is 136 Å². The molecule has 0 radical (unpaired) electrons. The summed E-state index contributed by atoms with van der Waals surface area (Å²) in [6.07, 6.45) is -0.174. The number of ether oxygens (including phenoxy) is 1. The van der Waals surface area contributed by atoms with E-state index in [1.807, 2.05) is 30.3 Å². The van der Waals surface area contributed by atoms with Gasteiger partial charge in [0.2, 0.25) is 0 Å². The maximum Gasteiger partial charge on any atom is 0.411 e. The molecule has 1 aliphatic rings. The average Bonchev–Trinajstić information content (AvgIpc) is 3.21. The Morgan fingerprint density at radius 2 is 1.91 bits per heavy atom. The summed E-state index contributed by atoms with van der Waals surface area (Å²) in [5.74, 6) is -0.273. The number of carbonyl (C=O) groups is 1. The van der Waals surface area contributed by atoms with E-state index in [0.717, 1.165) is 4.47 Å². The van der Waals surface area contributed by atoms with Gasteiger partial charge in [-0.05, 0) is 36.2 Å². The Balaban J connectivity index is 1.49. The van der Waals surface area contributed by atoms with Crippen LogP contribution in [0.2, 0.25) is 0 Å². The second-order valence-corrected chi connectivity index (χ2v) is 6.28. The lowest BCUT2D eigenvalue weighted by Crippen LogP contribution is -2.17. The van der Waals surface area contributed by atoms with Gasteiger partial charge in [0.25, 0.3) is 0 Å². The summed E-state index contributed by atoms with van der Waals surface area (Å²) in [5, 5.41) is 2.61. The minimum atomic E-state index is -1.36. The van der Waals surface area contributed by atoms with Gasteiger partial charge in [0.15, 0.2) is 0 Å². The Morgan fingerprint density at radius 1 is 1.23 bits per heavy atom. The van der Waals surface area contributed by atoms with Gasteiger partial charge in [-0.2, -0.15) is 0 Å². The SMILES string of the molecule is O=C(Nc1ccc(Br)cc1)OC[C@H]1C[C@]1(F)c1ccccc1. The molecule has 1 amide bonds. The van der Waals surface area contributed by atoms with Gasteiger partial charge in [-0.25, -0.2) is 9.18 Å². The van der Waals surface area contributed by atoms with Gasteiger partial charge in [0, 0.05) is 16.1 Å². The van der Waals surface area contributed by atoms with Gasteiger partial charge in [-0.15, -0.1) is 0 Å². The molecule has 5 heteroatoms. The highest BCUT2D eigenvalue weighted by molar-refractivity contribution is 9.10. The largest absolute Gasteiger partial charge is 0.449 e. The fourth-order valence-corrected chi connectivity index (χ4v) is 2.69. The molecule has 0 aliphatic heterocycles. The average molecular weight is 364 g/mol. The minimum absolute atomic E-state index is 0.0771. The van der Waals surface area contributed by atoms with Crippen LogP contribution in [0.1, 0.15) is 12.0 Å². The van der Waals surface area contributed by atoms with Crippen molar-refractivity contribution in [3.05, 3.63) is 64.6 Å². The third-order valence-corrected chi connectivity index (χ3v) is 4.32. The number of halogens is 2. The quantitative estimate of drug-likeness (QED) is 0.840. The molecule has 22 heavy (non-hydrogen) atoms. The predicted octanol–water partition coefficient (Wildman–Crippen LogP) is 4.88. The second kappa shape index (κ2) is 6.08. The zero-order valence-corrected chi connectivity index (χ0v) is 13.3. The van der Waals surface area contributed by atoms with Gasteiger partial charge in [0.05, 0.1) is 6.61 Å². The lowest BCUT2D eigenvalue weighted by molar-refractivity contribution is 0.143. The van der Waals surface area contributed by atoms with Gasteiger partial charge >= 0.3 is 6.09 Å². The van der Waals surface area contributed by atoms with E-state index in [2.05, 4.69) is 21.2 Å². The Kier molecular flexibility index (Phi) is 4.16. The van der Waals surface area contributed by atoms with Crippen LogP contribution >= 0.6 is 15.9 Å². The van der Waals surface area contributed by atoms with Crippen molar-refractivity contribution < 1.29 is 13.9 Å². The summed E-state index contributed by atoms with van der Waals surface area (Å²) in [6.45, 7) is 0.0771. The minimum Gasteiger partial charge on any atom is -0.449 e. The smallest absolute Gasteiger partial charge is 0.411 e. The number of anilines is 1. The molecule has 1 N–H and O–H groups in total. The van der Waals surface area contributed by atoms with E-state index in [1.165, 1.54) is 0 Å². The van der Waals surface area contributed by atoms with Gasteiger partial charge in [-0.3, -0.25) is 5.32 Å². The molecule has 1 fully saturated rings. The van der Waals surface area contributed by atoms with E-state index in [4.69, 9.17) is 4.74 Å². The second-order valence-electron chi connectivity index (χ2n) is 5.36. The van der Waals surface area contributed by atoms with Crippen LogP contribution < -0.4 is 5.32 Å². The van der Waals surface area contributed by atoms with Crippen molar-refractivity contribution in [2.24, 2.45) is 5.92 Å². The molecule has 114 valence electrons. The molecular weight excluding hydrogens is 349 g/mol. The predicted molar refractivity (Wildman–Crippen MR) is 86.4 cm³/mol. The van der Waals surface area contributed by atoms with E-state index in [1.54, 1.807) is 24.3 Å². The summed E-state index contributed by atoms with van der Waals surface area (Å²) in [4.78, 5) is 11.7. The van der Waals surface area contributed by atoms with Crippen LogP contribution in [0.15, 0.2) is 59.1 Å². The summed E-state index contributed by atoms with van der Waals surface area (Å²) in [5.41, 5.74) is -0.0745. The molecule has 0 bridgehead atoms. The Morgan fingerprint density at radius 3 is 2.59 bits per heavy atom. The molecule has 0 aromatic heterocycles. The fourth-order valence-electron chi connectivity index (χ4n) is 2.42. The van der Waals surface area contributed by atoms with Crippen molar-refractivity contribution >= 4 is 27.7 Å². The van der Waals surface area contributed by atoms with Crippen LogP contribution in [0.5, 0.6) is 0 Å². The van der Waals surface area contributed by atoms with Crippen molar-refractivity contribution in [1.82, 2.24) is 0 Å². The summed E-state index contributed by atoms with van der Waals surface area (Å²) >= 11 is 3.32. The van der Waals surface area contributed by atoms with Crippen LogP contribution in [0, 0.1) is 5.92 Å². The normalized spacial score (nSPS) is 22.9. The van der Waals surface area contributed by atoms with Crippen molar-refractivity contribution in [3.63, 3.8) is 0 Å². The van der Waals surface area contributed by atoms with Crippen LogP contribution in [0.4, 0.5) is 14.9 Å². The first-order chi connectivity index (χ1) is 10.6. The Bertz CT molecular complexity index is 662. The molecule has 1 aliphatic carbocycles. The molecule has 3 nitrogen and oxygen atoms in total. The first-order valence-corrected chi connectivity index (χ1v) is 7.81. The molecule has 2 atom stereocenters. The van der Waals surface area contributed by atoms with Crippen LogP contribution in [-0.4, -0.2) is 12.7 Å². The first-order valence-electron chi connectivity index (χ1n) is 7.02. The topological polar surface area (TPSA) is 38.3 Å². The third-order valence-electron chi connectivity index (χ3n) is 3.79. The highest BCUT2D eigenvalue weighted by Gasteiger charge is 2.57. The summed E-state index contributed by atoms with van der Waals surface area (Å²) in [6, 6.07) is 16.2. The van der Waals surface area contributed by atoms with Gasteiger partial charge < -0.3 is 4.74 Å². The number of hydrogen-bond acceptors (Lipinski definition) is 2. The van der Waals surface area contributed by atoms with Gasteiger partial charge in [0.1, 0.15) is 5.67 Å². The molecule has 1 saturated carbocycles. The van der Waals surface area contributed by atoms with E-state index in [9.17, 15) is 9.18 Å². The molecule has 2 aromatic rings. The van der Waals surface area contributed by atoms with Crippen molar-refractivity contribution in [3.8, 4) is 0 Å². The molecule has 0 unspecified atom stereocenters. The third kappa shape index (κ3) is 3.30. The maximum atomic E-state index is 14.6. The van der Waals surface area contributed by atoms with E-state index < -0.39 is 11.8 Å². The lowest BCUT2D eigenvalue weighted by atomic mass is 10.1. The molecular formula is C17H15BrFNO2. The first kappa shape index (κ1) is 15.0. The maximum absolute atomic E-state index is 14.6. The summed E-state index contributed by atoms with van der Waals surface area (Å²) < 4.78 is 20.6. The van der Waals surface area contributed by atoms with E-state index >= 15 is 0 Å². The number of amides is 1. The zero-order chi connectivity index (χ0) is 15.6. The number of carbonyl (C=O) groups excluding carboxylic acids is 1. The van der Waals surface area contributed by atoms with Crippen LogP contribution in [0.25, 0.3) is 0 Å². The fraction of sp³-hybridized carbons (Fsp3) is 0.235. The molecule has 2 aromatic carbocycles. The molecule has 0 heterocycles. The van der Waals surface area contributed by atoms with Gasteiger partial charge in [-0.1, -0.05) is 46.3 Å². The molecule has 0 saturated heterocycles. The molecule has 0 spiro atoms. The monoisotopic (exact) mass is 363 g/mol. The van der Waals surface area contributed by atoms with E-state index in [-0.39, 0.29) is 12.5 Å².